The first-order chi connectivity index (χ1) is 6.68. The first-order valence-electron chi connectivity index (χ1n) is 3.97. The second-order valence-electron chi connectivity index (χ2n) is 2.91. The van der Waals surface area contributed by atoms with Gasteiger partial charge in [0.1, 0.15) is 6.33 Å². The lowest BCUT2D eigenvalue weighted by Crippen LogP contribution is -1.99. The second kappa shape index (κ2) is 3.26. The number of nitrogens with zero attached hydrogens (tertiary/aromatic N) is 4. The molecule has 0 bridgehead atoms. The molecule has 5 nitrogen and oxygen atoms in total. The van der Waals surface area contributed by atoms with Crippen molar-refractivity contribution in [2.75, 3.05) is 5.73 Å². The molecule has 1 heterocycles. The molecular weight excluding hydrogens is 202 g/mol. The molecule has 6 heteroatoms. The zero-order chi connectivity index (χ0) is 10.1. The number of halogens is 1. The standard InChI is InChI=1S/C8H8ClN5/c1-5-2-7(10)6(9)3-8(5)14-4-11-12-13-14/h2-4H,10H2,1H3. The number of aromatic nitrogens is 4. The van der Waals surface area contributed by atoms with Crippen molar-refractivity contribution in [1.29, 1.82) is 0 Å². The number of anilines is 1. The van der Waals surface area contributed by atoms with Gasteiger partial charge in [0.05, 0.1) is 16.4 Å². The van der Waals surface area contributed by atoms with Crippen LogP contribution in [0.4, 0.5) is 5.69 Å². The van der Waals surface area contributed by atoms with Gasteiger partial charge in [-0.15, -0.1) is 5.10 Å². The molecule has 0 radical (unpaired) electrons. The van der Waals surface area contributed by atoms with Gasteiger partial charge in [-0.3, -0.25) is 0 Å². The third-order valence-electron chi connectivity index (χ3n) is 1.91. The van der Waals surface area contributed by atoms with Crippen LogP contribution in [0.1, 0.15) is 5.56 Å². The largest absolute Gasteiger partial charge is 0.398 e. The van der Waals surface area contributed by atoms with E-state index in [4.69, 9.17) is 17.3 Å². The minimum absolute atomic E-state index is 0.501. The number of hydrogen-bond acceptors (Lipinski definition) is 4. The minimum atomic E-state index is 0.501. The lowest BCUT2D eigenvalue weighted by atomic mass is 10.2. The first-order valence-corrected chi connectivity index (χ1v) is 4.35. The fourth-order valence-corrected chi connectivity index (χ4v) is 1.37. The Kier molecular flexibility index (Phi) is 2.09. The van der Waals surface area contributed by atoms with Crippen LogP contribution >= 0.6 is 11.6 Å². The number of rotatable bonds is 1. The molecule has 0 aliphatic carbocycles. The van der Waals surface area contributed by atoms with Gasteiger partial charge in [-0.1, -0.05) is 11.6 Å². The molecule has 0 unspecified atom stereocenters. The first kappa shape index (κ1) is 8.96. The van der Waals surface area contributed by atoms with Gasteiger partial charge in [0.2, 0.25) is 0 Å². The van der Waals surface area contributed by atoms with Gasteiger partial charge in [0.25, 0.3) is 0 Å². The van der Waals surface area contributed by atoms with E-state index in [2.05, 4.69) is 15.5 Å². The Morgan fingerprint density at radius 3 is 2.86 bits per heavy atom. The van der Waals surface area contributed by atoms with E-state index in [0.29, 0.717) is 10.7 Å². The van der Waals surface area contributed by atoms with Crippen molar-refractivity contribution in [3.63, 3.8) is 0 Å². The molecule has 14 heavy (non-hydrogen) atoms. The van der Waals surface area contributed by atoms with Crippen molar-refractivity contribution in [1.82, 2.24) is 20.2 Å². The summed E-state index contributed by atoms with van der Waals surface area (Å²) in [6.45, 7) is 1.92. The normalized spacial score (nSPS) is 10.4. The van der Waals surface area contributed by atoms with Crippen molar-refractivity contribution < 1.29 is 0 Å². The predicted molar refractivity (Wildman–Crippen MR) is 53.3 cm³/mol. The van der Waals surface area contributed by atoms with E-state index in [1.807, 2.05) is 6.92 Å². The lowest BCUT2D eigenvalue weighted by molar-refractivity contribution is 0.785. The van der Waals surface area contributed by atoms with Crippen LogP contribution in [0.25, 0.3) is 5.69 Å². The van der Waals surface area contributed by atoms with Crippen LogP contribution in [0.3, 0.4) is 0 Å². The van der Waals surface area contributed by atoms with Gasteiger partial charge in [0.15, 0.2) is 0 Å². The van der Waals surface area contributed by atoms with Crippen LogP contribution in [0.5, 0.6) is 0 Å². The van der Waals surface area contributed by atoms with Crippen LogP contribution in [0, 0.1) is 6.92 Å². The van der Waals surface area contributed by atoms with E-state index in [-0.39, 0.29) is 0 Å². The summed E-state index contributed by atoms with van der Waals surface area (Å²) in [6.07, 6.45) is 1.51. The number of nitrogen functional groups attached to an aromatic ring is 1. The smallest absolute Gasteiger partial charge is 0.143 e. The monoisotopic (exact) mass is 209 g/mol. The summed E-state index contributed by atoms with van der Waals surface area (Å²) < 4.78 is 1.54. The zero-order valence-electron chi connectivity index (χ0n) is 7.48. The maximum atomic E-state index is 5.90. The summed E-state index contributed by atoms with van der Waals surface area (Å²) in [5, 5.41) is 11.4. The molecular formula is C8H8ClN5. The molecule has 0 aliphatic heterocycles. The number of benzene rings is 1. The summed E-state index contributed by atoms with van der Waals surface area (Å²) in [5.74, 6) is 0. The summed E-state index contributed by atoms with van der Waals surface area (Å²) in [5.41, 5.74) is 8.01. The second-order valence-corrected chi connectivity index (χ2v) is 3.32. The quantitative estimate of drug-likeness (QED) is 0.717. The third kappa shape index (κ3) is 1.42. The SMILES string of the molecule is Cc1cc(N)c(Cl)cc1-n1cnnn1. The van der Waals surface area contributed by atoms with Crippen LogP contribution in [-0.4, -0.2) is 20.2 Å². The maximum Gasteiger partial charge on any atom is 0.143 e. The summed E-state index contributed by atoms with van der Waals surface area (Å²) >= 11 is 5.90. The van der Waals surface area contributed by atoms with Crippen molar-refractivity contribution >= 4 is 17.3 Å². The molecule has 0 saturated heterocycles. The average Bonchev–Trinajstić information content (AvgIpc) is 2.64. The number of tetrazole rings is 1. The van der Waals surface area contributed by atoms with Crippen LogP contribution in [-0.2, 0) is 0 Å². The Balaban J connectivity index is 2.60. The Morgan fingerprint density at radius 1 is 1.43 bits per heavy atom. The molecule has 0 amide bonds. The average molecular weight is 210 g/mol. The lowest BCUT2D eigenvalue weighted by Gasteiger charge is -2.06. The van der Waals surface area contributed by atoms with E-state index in [1.165, 1.54) is 6.33 Å². The van der Waals surface area contributed by atoms with Gasteiger partial charge < -0.3 is 5.73 Å². The van der Waals surface area contributed by atoms with Gasteiger partial charge in [-0.2, -0.15) is 0 Å². The van der Waals surface area contributed by atoms with Crippen molar-refractivity contribution in [3.05, 3.63) is 29.0 Å². The van der Waals surface area contributed by atoms with Gasteiger partial charge in [0, 0.05) is 0 Å². The Bertz CT molecular complexity index is 451. The highest BCUT2D eigenvalue weighted by Crippen LogP contribution is 2.24. The summed E-state index contributed by atoms with van der Waals surface area (Å²) in [7, 11) is 0. The number of aryl methyl sites for hydroxylation is 1. The molecule has 0 spiro atoms. The number of hydrogen-bond donors (Lipinski definition) is 1. The summed E-state index contributed by atoms with van der Waals surface area (Å²) in [4.78, 5) is 0. The van der Waals surface area contributed by atoms with Crippen molar-refractivity contribution in [2.45, 2.75) is 6.92 Å². The maximum absolute atomic E-state index is 5.90. The fraction of sp³-hybridized carbons (Fsp3) is 0.125. The van der Waals surface area contributed by atoms with Crippen LogP contribution in [0.15, 0.2) is 18.5 Å². The van der Waals surface area contributed by atoms with E-state index in [9.17, 15) is 0 Å². The van der Waals surface area contributed by atoms with Crippen LogP contribution in [0.2, 0.25) is 5.02 Å². The van der Waals surface area contributed by atoms with E-state index < -0.39 is 0 Å². The molecule has 1 aromatic heterocycles. The molecule has 0 atom stereocenters. The molecule has 2 rings (SSSR count). The predicted octanol–water partition coefficient (Wildman–Crippen LogP) is 1.21. The molecule has 1 aromatic carbocycles. The van der Waals surface area contributed by atoms with Gasteiger partial charge in [-0.25, -0.2) is 4.68 Å². The van der Waals surface area contributed by atoms with Crippen molar-refractivity contribution in [3.8, 4) is 5.69 Å². The number of nitrogens with two attached hydrogens (primary N) is 1. The topological polar surface area (TPSA) is 69.6 Å². The molecule has 0 fully saturated rings. The van der Waals surface area contributed by atoms with Crippen molar-refractivity contribution in [2.24, 2.45) is 0 Å². The Morgan fingerprint density at radius 2 is 2.21 bits per heavy atom. The molecule has 72 valence electrons. The molecule has 0 aliphatic rings. The highest BCUT2D eigenvalue weighted by molar-refractivity contribution is 6.33. The van der Waals surface area contributed by atoms with Gasteiger partial charge >= 0.3 is 0 Å². The zero-order valence-corrected chi connectivity index (χ0v) is 8.23. The van der Waals surface area contributed by atoms with Gasteiger partial charge in [-0.05, 0) is 35.0 Å². The van der Waals surface area contributed by atoms with E-state index >= 15 is 0 Å². The van der Waals surface area contributed by atoms with E-state index in [0.717, 1.165) is 11.3 Å². The highest BCUT2D eigenvalue weighted by Gasteiger charge is 2.06. The summed E-state index contributed by atoms with van der Waals surface area (Å²) in [6, 6.07) is 3.53. The minimum Gasteiger partial charge on any atom is -0.398 e. The Labute approximate surface area is 85.5 Å². The fourth-order valence-electron chi connectivity index (χ4n) is 1.21. The third-order valence-corrected chi connectivity index (χ3v) is 2.24. The molecule has 2 aromatic rings. The molecule has 2 N–H and O–H groups in total. The van der Waals surface area contributed by atoms with Crippen LogP contribution < -0.4 is 5.73 Å². The Hall–Kier alpha value is -1.62. The highest BCUT2D eigenvalue weighted by atomic mass is 35.5. The van der Waals surface area contributed by atoms with E-state index in [1.54, 1.807) is 16.8 Å². The molecule has 0 saturated carbocycles.